The van der Waals surface area contributed by atoms with Gasteiger partial charge in [-0.25, -0.2) is 18.7 Å². The van der Waals surface area contributed by atoms with Crippen molar-refractivity contribution in [3.05, 3.63) is 142 Å². The van der Waals surface area contributed by atoms with Crippen LogP contribution in [0.15, 0.2) is 97.1 Å². The van der Waals surface area contributed by atoms with Gasteiger partial charge >= 0.3 is 27.8 Å². The molecular weight excluding hydrogens is 1460 g/mol. The van der Waals surface area contributed by atoms with Crippen molar-refractivity contribution in [2.24, 2.45) is 0 Å². The van der Waals surface area contributed by atoms with E-state index in [1.165, 1.54) is 9.80 Å². The van der Waals surface area contributed by atoms with Gasteiger partial charge < -0.3 is 80.5 Å². The van der Waals surface area contributed by atoms with Crippen LogP contribution in [0.5, 0.6) is 0 Å². The number of carbonyl (C=O) groups excluding carboxylic acids is 6. The molecule has 4 aliphatic rings. The number of likely N-dealkylation sites (tertiary alicyclic amines) is 2. The summed E-state index contributed by atoms with van der Waals surface area (Å²) in [6.07, 6.45) is 14.2. The summed E-state index contributed by atoms with van der Waals surface area (Å²) in [5.41, 5.74) is 7.41. The Kier molecular flexibility index (Phi) is 47.2. The Morgan fingerprint density at radius 2 is 0.827 bits per heavy atom. The summed E-state index contributed by atoms with van der Waals surface area (Å²) in [4.78, 5) is 97.6. The first-order valence-electron chi connectivity index (χ1n) is 37.6. The molecule has 4 amide bonds. The number of hydrogen-bond acceptors (Lipinski definition) is 22. The van der Waals surface area contributed by atoms with Gasteiger partial charge in [0.25, 0.3) is 0 Å². The molecular formula is C80H112N4O24P2. The minimum atomic E-state index is -4.48. The lowest BCUT2D eigenvalue weighted by atomic mass is 9.92. The normalized spacial score (nSPS) is 17.9. The zero-order valence-corrected chi connectivity index (χ0v) is 64.7. The quantitative estimate of drug-likeness (QED) is 0.0112. The van der Waals surface area contributed by atoms with Gasteiger partial charge in [0.05, 0.1) is 77.7 Å². The smallest absolute Gasteiger partial charge is 0.441 e. The predicted octanol–water partition coefficient (Wildman–Crippen LogP) is 8.47. The summed E-state index contributed by atoms with van der Waals surface area (Å²) >= 11 is 0. The number of aliphatic hydroxyl groups excluding tert-OH is 8. The van der Waals surface area contributed by atoms with Gasteiger partial charge in [-0.1, -0.05) is 135 Å². The number of rotatable bonds is 41. The SMILES string of the molecule is C#CC.O=C(CCCCCCC(=O)N1C[C@H](O)C[C@H]1COP(=O)(O)OCCO)CCCCCNC(=O)OC1Cc2ccccc2C#Cc2ccccc21.O=C(CCCCCCC(=O)N1C[C@H](O)C[C@H]1OP(=O)(O)OCCO)CCCCCNC(=O)OC1Cc2ccccc2C#Cc2ccccc21.OCCO.OCCO. The minimum absolute atomic E-state index is 0.000895. The number of amides is 4. The first-order chi connectivity index (χ1) is 53.0. The van der Waals surface area contributed by atoms with Gasteiger partial charge in [0.2, 0.25) is 11.8 Å². The summed E-state index contributed by atoms with van der Waals surface area (Å²) in [6.45, 7) is 0.316. The summed E-state index contributed by atoms with van der Waals surface area (Å²) in [7, 11) is -8.83. The highest BCUT2D eigenvalue weighted by Crippen LogP contribution is 2.47. The molecule has 2 aliphatic carbocycles. The lowest BCUT2D eigenvalue weighted by Crippen LogP contribution is -2.38. The Hall–Kier alpha value is -7.72. The number of carbonyl (C=O) groups is 6. The van der Waals surface area contributed by atoms with Crippen LogP contribution in [0.25, 0.3) is 0 Å². The van der Waals surface area contributed by atoms with Crippen LogP contribution >= 0.6 is 15.6 Å². The van der Waals surface area contributed by atoms with Gasteiger partial charge in [0, 0.05) is 117 Å². The Bertz CT molecular complexity index is 3690. The molecule has 4 unspecified atom stereocenters. The first kappa shape index (κ1) is 94.7. The predicted molar refractivity (Wildman–Crippen MR) is 410 cm³/mol. The van der Waals surface area contributed by atoms with Crippen LogP contribution in [-0.4, -0.2) is 206 Å². The van der Waals surface area contributed by atoms with Gasteiger partial charge in [0.1, 0.15) is 30.0 Å². The second kappa shape index (κ2) is 54.8. The molecule has 0 radical (unpaired) electrons. The number of ketones is 2. The van der Waals surface area contributed by atoms with Crippen molar-refractivity contribution < 1.29 is 116 Å². The highest BCUT2D eigenvalue weighted by Gasteiger charge is 2.40. The number of hydrogen-bond donors (Lipinski definition) is 12. The number of ether oxygens (including phenoxy) is 2. The van der Waals surface area contributed by atoms with E-state index in [0.717, 1.165) is 122 Å². The second-order valence-corrected chi connectivity index (χ2v) is 29.0. The Morgan fingerprint density at radius 1 is 0.473 bits per heavy atom. The number of nitrogens with one attached hydrogen (secondary N) is 2. The summed E-state index contributed by atoms with van der Waals surface area (Å²) in [5.74, 6) is 15.1. The van der Waals surface area contributed by atoms with Gasteiger partial charge in [-0.2, -0.15) is 0 Å². The molecule has 4 aromatic carbocycles. The molecule has 2 saturated heterocycles. The standard InChI is InChI=1S/C37H49N2O10P.C36H47N2O10P.C3H4.2C2H6O2/c40-22-23-47-50(45,46)48-27-31-25-33(42)26-39(31)36(43)18-6-2-1-4-15-32(41)16-5-3-11-21-38-37(44)49-35-24-30-14-8-7-12-28(30)19-20-29-13-9-10-17-34(29)35;39-22-23-46-49(44,45)48-35-25-31(41)26-38(35)34(42)18-6-2-1-4-15-30(40)16-5-3-11-21-37-36(43)47-33-24-29-14-8-7-12-27(29)19-20-28-13-9-10-17-32(28)33;1-3-2;2*3-1-2-4/h7-10,12-14,17,31,33,35,40,42H,1-6,11,15-16,18,21-27H2,(H,38,44)(H,45,46);7-10,12-14,17,31,33,35,39,41H,1-6,11,15-16,18,21-26H2,(H,37,43)(H,44,45);1H,2H3;2*3-4H,1-2H2/t31-,33+,35?;31-,33?,35-;;;/m01.../s1. The molecule has 0 spiro atoms. The molecule has 8 rings (SSSR count). The third kappa shape index (κ3) is 38.0. The van der Waals surface area contributed by atoms with Crippen molar-refractivity contribution in [3.63, 3.8) is 0 Å². The van der Waals surface area contributed by atoms with E-state index in [1.54, 1.807) is 6.92 Å². The zero-order valence-electron chi connectivity index (χ0n) is 62.9. The summed E-state index contributed by atoms with van der Waals surface area (Å²) < 4.78 is 54.8. The van der Waals surface area contributed by atoms with Crippen molar-refractivity contribution in [2.75, 3.05) is 85.6 Å². The lowest BCUT2D eigenvalue weighted by Gasteiger charge is -2.25. The topological polar surface area (TPSA) is 425 Å². The molecule has 8 atom stereocenters. The fourth-order valence-corrected chi connectivity index (χ4v) is 13.8. The minimum Gasteiger partial charge on any atom is -0.441 e. The Labute approximate surface area is 645 Å². The molecule has 28 nitrogen and oxygen atoms in total. The molecule has 4 aromatic rings. The van der Waals surface area contributed by atoms with Gasteiger partial charge in [0.15, 0.2) is 0 Å². The van der Waals surface area contributed by atoms with Gasteiger partial charge in [-0.05, 0) is 100 Å². The molecule has 0 saturated carbocycles. The van der Waals surface area contributed by atoms with Gasteiger partial charge in [-0.3, -0.25) is 37.3 Å². The molecule has 606 valence electrons. The van der Waals surface area contributed by atoms with Crippen molar-refractivity contribution in [2.45, 2.75) is 198 Å². The van der Waals surface area contributed by atoms with Crippen LogP contribution in [0.1, 0.15) is 205 Å². The van der Waals surface area contributed by atoms with Crippen LogP contribution < -0.4 is 10.6 Å². The molecule has 2 heterocycles. The van der Waals surface area contributed by atoms with Gasteiger partial charge in [-0.15, -0.1) is 12.3 Å². The fourth-order valence-electron chi connectivity index (χ4n) is 12.1. The number of alkyl carbamates (subject to hydrolysis) is 2. The van der Waals surface area contributed by atoms with E-state index < -0.39 is 77.7 Å². The van der Waals surface area contributed by atoms with E-state index in [9.17, 15) is 57.9 Å². The van der Waals surface area contributed by atoms with E-state index in [0.29, 0.717) is 64.5 Å². The van der Waals surface area contributed by atoms with Crippen LogP contribution in [0.3, 0.4) is 0 Å². The number of unbranched alkanes of at least 4 members (excludes halogenated alkanes) is 10. The number of benzene rings is 4. The Morgan fingerprint density at radius 3 is 1.25 bits per heavy atom. The van der Waals surface area contributed by atoms with Crippen LogP contribution in [-0.2, 0) is 68.7 Å². The highest BCUT2D eigenvalue weighted by molar-refractivity contribution is 7.47. The maximum absolute atomic E-state index is 12.7. The Balaban J connectivity index is 0.000000409. The molecule has 0 bridgehead atoms. The van der Waals surface area contributed by atoms with Crippen LogP contribution in [0.4, 0.5) is 9.59 Å². The average molecular weight is 1580 g/mol. The maximum atomic E-state index is 12.7. The summed E-state index contributed by atoms with van der Waals surface area (Å²) in [6, 6.07) is 30.7. The third-order valence-electron chi connectivity index (χ3n) is 17.5. The molecule has 12 N–H and O–H groups in total. The molecule has 110 heavy (non-hydrogen) atoms. The molecule has 30 heteroatoms. The van der Waals surface area contributed by atoms with Crippen molar-refractivity contribution in [3.8, 4) is 36.0 Å². The third-order valence-corrected chi connectivity index (χ3v) is 19.5. The molecule has 2 fully saturated rings. The number of phosphoric ester groups is 2. The zero-order chi connectivity index (χ0) is 80.4. The number of terminal acetylenes is 1. The van der Waals surface area contributed by atoms with Crippen molar-refractivity contribution in [1.82, 2.24) is 20.4 Å². The van der Waals surface area contributed by atoms with E-state index in [4.69, 9.17) is 49.2 Å². The lowest BCUT2D eigenvalue weighted by molar-refractivity contribution is -0.137. The largest absolute Gasteiger partial charge is 0.474 e. The number of Topliss-reactive ketones (excluding diaryl/α,β-unsaturated/α-hetero) is 2. The fraction of sp³-hybridized carbons (Fsp3) is 0.550. The molecule has 2 aliphatic heterocycles. The number of nitrogens with zero attached hydrogens (tertiary/aromatic N) is 2. The number of fused-ring (bicyclic) bond motifs is 4. The summed E-state index contributed by atoms with van der Waals surface area (Å²) in [5, 5.41) is 73.7. The van der Waals surface area contributed by atoms with E-state index >= 15 is 0 Å². The maximum Gasteiger partial charge on any atom is 0.474 e. The first-order valence-corrected chi connectivity index (χ1v) is 40.6. The number of phosphoric acid groups is 2. The highest BCUT2D eigenvalue weighted by atomic mass is 31.2. The van der Waals surface area contributed by atoms with Crippen molar-refractivity contribution in [1.29, 1.82) is 0 Å². The number of β-amino-alcohol motifs (C(OH)–C–C–N with tert-alkyl or cyclic N) is 2. The second-order valence-electron chi connectivity index (χ2n) is 26.2. The van der Waals surface area contributed by atoms with Crippen molar-refractivity contribution >= 4 is 51.2 Å². The van der Waals surface area contributed by atoms with Crippen LogP contribution in [0.2, 0.25) is 0 Å². The monoisotopic (exact) mass is 1570 g/mol. The van der Waals surface area contributed by atoms with E-state index in [2.05, 4.69) is 55.7 Å². The van der Waals surface area contributed by atoms with E-state index in [-0.39, 0.29) is 108 Å². The average Bonchev–Trinajstić information content (AvgIpc) is 1.45. The van der Waals surface area contributed by atoms with E-state index in [1.807, 2.05) is 97.1 Å². The molecule has 0 aromatic heterocycles. The number of aliphatic hydroxyl groups is 8. The van der Waals surface area contributed by atoms with Crippen LogP contribution in [0, 0.1) is 36.0 Å².